The van der Waals surface area contributed by atoms with Gasteiger partial charge in [0, 0.05) is 24.8 Å². The maximum absolute atomic E-state index is 12.5. The molecule has 3 heterocycles. The highest BCUT2D eigenvalue weighted by atomic mass is 16.2. The highest BCUT2D eigenvalue weighted by Crippen LogP contribution is 2.22. The Labute approximate surface area is 133 Å². The van der Waals surface area contributed by atoms with E-state index in [9.17, 15) is 4.79 Å². The highest BCUT2D eigenvalue weighted by molar-refractivity contribution is 5.92. The van der Waals surface area contributed by atoms with E-state index in [1.54, 1.807) is 23.2 Å². The van der Waals surface area contributed by atoms with E-state index in [0.29, 0.717) is 25.3 Å². The number of fused-ring (bicyclic) bond motifs is 1. The molecule has 0 bridgehead atoms. The van der Waals surface area contributed by atoms with Crippen LogP contribution in [-0.2, 0) is 13.1 Å². The van der Waals surface area contributed by atoms with Gasteiger partial charge in [0.05, 0.1) is 6.54 Å². The molecule has 0 atom stereocenters. The highest BCUT2D eigenvalue weighted by Gasteiger charge is 2.26. The summed E-state index contributed by atoms with van der Waals surface area (Å²) in [6.07, 6.45) is 1.63. The number of amides is 1. The number of nitrogens with zero attached hydrogens (tertiary/aromatic N) is 5. The van der Waals surface area contributed by atoms with Gasteiger partial charge in [0.2, 0.25) is 0 Å². The summed E-state index contributed by atoms with van der Waals surface area (Å²) < 4.78 is 2.08. The van der Waals surface area contributed by atoms with Gasteiger partial charge in [-0.2, -0.15) is 0 Å². The van der Waals surface area contributed by atoms with Crippen LogP contribution in [0.2, 0.25) is 0 Å². The second kappa shape index (κ2) is 5.64. The minimum absolute atomic E-state index is 0.0684. The van der Waals surface area contributed by atoms with E-state index >= 15 is 0 Å². The molecule has 2 aromatic heterocycles. The normalized spacial score (nSPS) is 13.7. The predicted molar refractivity (Wildman–Crippen MR) is 84.4 cm³/mol. The van der Waals surface area contributed by atoms with Crippen molar-refractivity contribution in [1.82, 2.24) is 24.6 Å². The van der Waals surface area contributed by atoms with E-state index in [1.807, 2.05) is 36.4 Å². The van der Waals surface area contributed by atoms with Crippen LogP contribution in [-0.4, -0.2) is 37.1 Å². The first-order valence-corrected chi connectivity index (χ1v) is 7.51. The summed E-state index contributed by atoms with van der Waals surface area (Å²) >= 11 is 0. The van der Waals surface area contributed by atoms with Crippen molar-refractivity contribution in [3.63, 3.8) is 0 Å². The van der Waals surface area contributed by atoms with E-state index < -0.39 is 0 Å². The van der Waals surface area contributed by atoms with E-state index in [2.05, 4.69) is 19.7 Å². The molecule has 0 saturated carbocycles. The van der Waals surface area contributed by atoms with Gasteiger partial charge in [-0.15, -0.1) is 10.2 Å². The van der Waals surface area contributed by atoms with Gasteiger partial charge in [0.25, 0.3) is 5.91 Å². The molecule has 1 aliphatic heterocycles. The first-order chi connectivity index (χ1) is 11.3. The first kappa shape index (κ1) is 13.6. The smallest absolute Gasteiger partial charge is 0.272 e. The number of hydrogen-bond donors (Lipinski definition) is 0. The molecule has 114 valence electrons. The second-order valence-electron chi connectivity index (χ2n) is 5.40. The Balaban J connectivity index is 1.60. The van der Waals surface area contributed by atoms with Crippen LogP contribution < -0.4 is 0 Å². The molecule has 1 aliphatic rings. The molecule has 0 radical (unpaired) electrons. The fourth-order valence-corrected chi connectivity index (χ4v) is 2.78. The lowest BCUT2D eigenvalue weighted by atomic mass is 10.2. The van der Waals surface area contributed by atoms with Crippen LogP contribution >= 0.6 is 0 Å². The number of carbonyl (C=O) groups is 1. The Kier molecular flexibility index (Phi) is 3.34. The molecule has 23 heavy (non-hydrogen) atoms. The van der Waals surface area contributed by atoms with Gasteiger partial charge in [-0.1, -0.05) is 36.4 Å². The van der Waals surface area contributed by atoms with Gasteiger partial charge in [0.1, 0.15) is 5.69 Å². The van der Waals surface area contributed by atoms with Gasteiger partial charge in [-0.05, 0) is 12.1 Å². The van der Waals surface area contributed by atoms with Crippen LogP contribution in [0.4, 0.5) is 0 Å². The molecular formula is C17H15N5O. The minimum Gasteiger partial charge on any atom is -0.328 e. The molecule has 4 rings (SSSR count). The lowest BCUT2D eigenvalue weighted by Gasteiger charge is -2.27. The van der Waals surface area contributed by atoms with Crippen LogP contribution in [0.25, 0.3) is 11.4 Å². The Bertz CT molecular complexity index is 829. The third-order valence-corrected chi connectivity index (χ3v) is 3.96. The average molecular weight is 305 g/mol. The molecule has 0 N–H and O–H groups in total. The van der Waals surface area contributed by atoms with Crippen LogP contribution in [0.3, 0.4) is 0 Å². The molecule has 0 unspecified atom stereocenters. The molecule has 0 fully saturated rings. The first-order valence-electron chi connectivity index (χ1n) is 7.51. The molecule has 6 nitrogen and oxygen atoms in total. The third-order valence-electron chi connectivity index (χ3n) is 3.96. The maximum Gasteiger partial charge on any atom is 0.272 e. The van der Waals surface area contributed by atoms with Gasteiger partial charge in [0.15, 0.2) is 11.6 Å². The van der Waals surface area contributed by atoms with E-state index in [1.165, 1.54) is 0 Å². The predicted octanol–water partition coefficient (Wildman–Crippen LogP) is 2.00. The molecule has 0 saturated heterocycles. The van der Waals surface area contributed by atoms with E-state index in [0.717, 1.165) is 17.2 Å². The largest absolute Gasteiger partial charge is 0.328 e. The topological polar surface area (TPSA) is 63.9 Å². The SMILES string of the molecule is O=C(c1ccccn1)N1CCn2c(nnc2-c2ccccc2)C1. The number of benzene rings is 1. The quantitative estimate of drug-likeness (QED) is 0.726. The molecule has 0 aliphatic carbocycles. The Morgan fingerprint density at radius 1 is 0.957 bits per heavy atom. The monoisotopic (exact) mass is 305 g/mol. The van der Waals surface area contributed by atoms with Crippen molar-refractivity contribution in [3.05, 3.63) is 66.2 Å². The van der Waals surface area contributed by atoms with E-state index in [-0.39, 0.29) is 5.91 Å². The lowest BCUT2D eigenvalue weighted by molar-refractivity contribution is 0.0702. The van der Waals surface area contributed by atoms with Gasteiger partial charge in [-0.3, -0.25) is 9.78 Å². The summed E-state index contributed by atoms with van der Waals surface area (Å²) in [5, 5.41) is 8.55. The molecule has 3 aromatic rings. The van der Waals surface area contributed by atoms with Crippen molar-refractivity contribution in [2.24, 2.45) is 0 Å². The zero-order valence-corrected chi connectivity index (χ0v) is 12.5. The van der Waals surface area contributed by atoms with Crippen LogP contribution in [0.5, 0.6) is 0 Å². The van der Waals surface area contributed by atoms with Gasteiger partial charge >= 0.3 is 0 Å². The number of pyridine rings is 1. The molecule has 0 spiro atoms. The van der Waals surface area contributed by atoms with Crippen LogP contribution in [0.15, 0.2) is 54.7 Å². The summed E-state index contributed by atoms with van der Waals surface area (Å²) in [6, 6.07) is 15.3. The zero-order valence-electron chi connectivity index (χ0n) is 12.5. The zero-order chi connectivity index (χ0) is 15.6. The minimum atomic E-state index is -0.0684. The van der Waals surface area contributed by atoms with Crippen molar-refractivity contribution in [3.8, 4) is 11.4 Å². The van der Waals surface area contributed by atoms with Crippen LogP contribution in [0, 0.1) is 0 Å². The van der Waals surface area contributed by atoms with Gasteiger partial charge in [-0.25, -0.2) is 0 Å². The summed E-state index contributed by atoms with van der Waals surface area (Å²) in [6.45, 7) is 1.76. The van der Waals surface area contributed by atoms with Crippen molar-refractivity contribution in [1.29, 1.82) is 0 Å². The number of hydrogen-bond acceptors (Lipinski definition) is 4. The van der Waals surface area contributed by atoms with Crippen molar-refractivity contribution in [2.45, 2.75) is 13.1 Å². The van der Waals surface area contributed by atoms with Crippen molar-refractivity contribution in [2.75, 3.05) is 6.54 Å². The standard InChI is InChI=1S/C17H15N5O/c23-17(14-8-4-5-9-18-14)21-10-11-22-15(12-21)19-20-16(22)13-6-2-1-3-7-13/h1-9H,10-12H2. The molecule has 6 heteroatoms. The number of aromatic nitrogens is 4. The fourth-order valence-electron chi connectivity index (χ4n) is 2.78. The summed E-state index contributed by atoms with van der Waals surface area (Å²) in [4.78, 5) is 18.4. The fraction of sp³-hybridized carbons (Fsp3) is 0.176. The number of carbonyl (C=O) groups excluding carboxylic acids is 1. The number of rotatable bonds is 2. The molecule has 1 amide bonds. The molecule has 1 aromatic carbocycles. The van der Waals surface area contributed by atoms with Gasteiger partial charge < -0.3 is 9.47 Å². The maximum atomic E-state index is 12.5. The average Bonchev–Trinajstić information content (AvgIpc) is 3.06. The Hall–Kier alpha value is -3.02. The third kappa shape index (κ3) is 2.48. The Morgan fingerprint density at radius 2 is 1.78 bits per heavy atom. The van der Waals surface area contributed by atoms with Crippen LogP contribution in [0.1, 0.15) is 16.3 Å². The summed E-state index contributed by atoms with van der Waals surface area (Å²) in [5.74, 6) is 1.59. The lowest BCUT2D eigenvalue weighted by Crippen LogP contribution is -2.38. The van der Waals surface area contributed by atoms with Crippen molar-refractivity contribution < 1.29 is 4.79 Å². The Morgan fingerprint density at radius 3 is 2.57 bits per heavy atom. The van der Waals surface area contributed by atoms with Crippen molar-refractivity contribution >= 4 is 5.91 Å². The molecular weight excluding hydrogens is 290 g/mol. The summed E-state index contributed by atoms with van der Waals surface area (Å²) in [5.41, 5.74) is 1.50. The second-order valence-corrected chi connectivity index (χ2v) is 5.40. The van der Waals surface area contributed by atoms with E-state index in [4.69, 9.17) is 0 Å². The summed E-state index contributed by atoms with van der Waals surface area (Å²) in [7, 11) is 0.